The zero-order valence-corrected chi connectivity index (χ0v) is 20.2. The van der Waals surface area contributed by atoms with E-state index in [9.17, 15) is 18.0 Å². The van der Waals surface area contributed by atoms with Gasteiger partial charge in [-0.25, -0.2) is 13.2 Å². The molecule has 0 bridgehead atoms. The van der Waals surface area contributed by atoms with Crippen molar-refractivity contribution in [1.29, 1.82) is 5.41 Å². The van der Waals surface area contributed by atoms with E-state index < -0.39 is 21.7 Å². The number of benzene rings is 2. The first-order valence-electron chi connectivity index (χ1n) is 9.49. The number of carbonyl (C=O) groups excluding carboxylic acids is 2. The Morgan fingerprint density at radius 1 is 1.24 bits per heavy atom. The molecule has 0 aliphatic carbocycles. The van der Waals surface area contributed by atoms with Gasteiger partial charge in [0.15, 0.2) is 5.84 Å². The number of sulfone groups is 1. The number of rotatable bonds is 4. The first-order chi connectivity index (χ1) is 15.7. The summed E-state index contributed by atoms with van der Waals surface area (Å²) in [4.78, 5) is 28.7. The zero-order chi connectivity index (χ0) is 23.8. The molecule has 1 amide bonds. The summed E-state index contributed by atoms with van der Waals surface area (Å²) >= 11 is 4.09. The van der Waals surface area contributed by atoms with Gasteiger partial charge in [0.2, 0.25) is 19.4 Å². The highest BCUT2D eigenvalue weighted by molar-refractivity contribution is 9.10. The Kier molecular flexibility index (Phi) is 6.32. The third kappa shape index (κ3) is 4.68. The van der Waals surface area contributed by atoms with Crippen molar-refractivity contribution in [2.75, 3.05) is 5.75 Å². The Labute approximate surface area is 201 Å². The lowest BCUT2D eigenvalue weighted by Gasteiger charge is -2.20. The van der Waals surface area contributed by atoms with Gasteiger partial charge in [-0.1, -0.05) is 31.2 Å². The van der Waals surface area contributed by atoms with Crippen LogP contribution in [0.5, 0.6) is 5.75 Å². The Morgan fingerprint density at radius 3 is 2.64 bits per heavy atom. The minimum atomic E-state index is -3.60. The van der Waals surface area contributed by atoms with Crippen LogP contribution in [0.25, 0.3) is 6.08 Å². The molecule has 4 rings (SSSR count). The number of carbonyl (C=O) groups is 2. The minimum Gasteiger partial charge on any atom is -0.422 e. The lowest BCUT2D eigenvalue weighted by atomic mass is 10.1. The molecule has 0 radical (unpaired) electrons. The number of hydrogen-bond donors (Lipinski definition) is 1. The molecule has 33 heavy (non-hydrogen) atoms. The summed E-state index contributed by atoms with van der Waals surface area (Å²) in [6.07, 6.45) is 1.44. The lowest BCUT2D eigenvalue weighted by molar-refractivity contribution is -0.114. The molecular formula is C21H15BrN4O5S2. The molecule has 2 aromatic rings. The molecule has 0 saturated heterocycles. The van der Waals surface area contributed by atoms with E-state index in [-0.39, 0.29) is 32.5 Å². The van der Waals surface area contributed by atoms with Crippen LogP contribution in [0.3, 0.4) is 0 Å². The smallest absolute Gasteiger partial charge is 0.343 e. The number of thioether (sulfide) groups is 1. The van der Waals surface area contributed by atoms with Crippen molar-refractivity contribution in [3.63, 3.8) is 0 Å². The van der Waals surface area contributed by atoms with Gasteiger partial charge in [0, 0.05) is 0 Å². The van der Waals surface area contributed by atoms with Crippen molar-refractivity contribution >= 4 is 70.9 Å². The number of aliphatic imine (C=N–C) groups is 1. The first kappa shape index (κ1) is 23.1. The van der Waals surface area contributed by atoms with Crippen LogP contribution >= 0.6 is 27.7 Å². The second-order valence-electron chi connectivity index (χ2n) is 6.73. The lowest BCUT2D eigenvalue weighted by Crippen LogP contribution is -2.35. The Bertz CT molecular complexity index is 1380. The van der Waals surface area contributed by atoms with Crippen LogP contribution in [-0.2, 0) is 14.6 Å². The quantitative estimate of drug-likeness (QED) is 0.351. The van der Waals surface area contributed by atoms with Crippen LogP contribution in [0.4, 0.5) is 0 Å². The van der Waals surface area contributed by atoms with Gasteiger partial charge in [-0.15, -0.1) is 5.10 Å². The monoisotopic (exact) mass is 546 g/mol. The van der Waals surface area contributed by atoms with E-state index in [1.54, 1.807) is 48.5 Å². The van der Waals surface area contributed by atoms with Crippen molar-refractivity contribution in [2.45, 2.75) is 6.92 Å². The predicted molar refractivity (Wildman–Crippen MR) is 130 cm³/mol. The number of esters is 1. The fourth-order valence-corrected chi connectivity index (χ4v) is 5.45. The van der Waals surface area contributed by atoms with Crippen molar-refractivity contribution < 1.29 is 22.7 Å². The van der Waals surface area contributed by atoms with Crippen molar-refractivity contribution in [1.82, 2.24) is 5.01 Å². The molecule has 2 aliphatic heterocycles. The molecule has 168 valence electrons. The molecule has 9 nitrogen and oxygen atoms in total. The van der Waals surface area contributed by atoms with E-state index in [1.807, 2.05) is 0 Å². The summed E-state index contributed by atoms with van der Waals surface area (Å²) in [6, 6.07) is 13.3. The summed E-state index contributed by atoms with van der Waals surface area (Å²) in [6.45, 7) is 1.48. The minimum absolute atomic E-state index is 0.0264. The van der Waals surface area contributed by atoms with Gasteiger partial charge < -0.3 is 4.74 Å². The summed E-state index contributed by atoms with van der Waals surface area (Å²) in [5, 5.41) is 13.4. The Morgan fingerprint density at radius 2 is 1.97 bits per heavy atom. The molecule has 0 aromatic heterocycles. The van der Waals surface area contributed by atoms with Gasteiger partial charge in [0.25, 0.3) is 5.91 Å². The first-order valence-corrected chi connectivity index (χ1v) is 12.8. The van der Waals surface area contributed by atoms with Gasteiger partial charge >= 0.3 is 5.97 Å². The summed E-state index contributed by atoms with van der Waals surface area (Å²) in [5.41, 5.74) is 0.878. The molecule has 0 fully saturated rings. The van der Waals surface area contributed by atoms with E-state index in [1.165, 1.54) is 13.0 Å². The fraction of sp³-hybridized carbons (Fsp3) is 0.0952. The molecule has 2 heterocycles. The molecule has 0 unspecified atom stereocenters. The van der Waals surface area contributed by atoms with E-state index in [0.717, 1.165) is 16.8 Å². The number of ether oxygens (including phenoxy) is 1. The standard InChI is InChI=1S/C21H15BrN4O5S2/c1-2-33(29,30)21-25-26-17(23)14(18(27)24-20(26)32-21)10-12-8-9-16(15(22)11-12)31-19(28)13-6-4-3-5-7-13/h3-11,23H,2H2,1H3/b14-10+,23-17?. The van der Waals surface area contributed by atoms with Gasteiger partial charge in [0.05, 0.1) is 21.4 Å². The maximum absolute atomic E-state index is 12.5. The number of fused-ring (bicyclic) bond motifs is 1. The zero-order valence-electron chi connectivity index (χ0n) is 17.0. The van der Waals surface area contributed by atoms with Gasteiger partial charge in [-0.2, -0.15) is 10.0 Å². The second kappa shape index (κ2) is 9.04. The van der Waals surface area contributed by atoms with Crippen LogP contribution < -0.4 is 4.74 Å². The topological polar surface area (TPSA) is 129 Å². The van der Waals surface area contributed by atoms with Crippen LogP contribution in [0.2, 0.25) is 0 Å². The van der Waals surface area contributed by atoms with E-state index in [2.05, 4.69) is 26.0 Å². The highest BCUT2D eigenvalue weighted by atomic mass is 79.9. The highest BCUT2D eigenvalue weighted by Crippen LogP contribution is 2.32. The molecule has 1 N–H and O–H groups in total. The van der Waals surface area contributed by atoms with Crippen molar-refractivity contribution in [3.8, 4) is 5.75 Å². The predicted octanol–water partition coefficient (Wildman–Crippen LogP) is 3.68. The number of amidine groups is 2. The molecule has 12 heteroatoms. The van der Waals surface area contributed by atoms with Crippen LogP contribution in [0.15, 0.2) is 68.7 Å². The van der Waals surface area contributed by atoms with Crippen molar-refractivity contribution in [3.05, 3.63) is 69.7 Å². The van der Waals surface area contributed by atoms with Crippen LogP contribution in [-0.4, -0.2) is 46.4 Å². The van der Waals surface area contributed by atoms with Gasteiger partial charge in [-0.3, -0.25) is 10.2 Å². The SMILES string of the molecule is CCS(=O)(=O)C1=NN2C(=N)/C(=C\c3ccc(OC(=O)c4ccccc4)c(Br)c3)C(=O)N=C2S1. The van der Waals surface area contributed by atoms with Crippen LogP contribution in [0, 0.1) is 5.41 Å². The largest absolute Gasteiger partial charge is 0.422 e. The number of hydrogen-bond acceptors (Lipinski definition) is 8. The van der Waals surface area contributed by atoms with Gasteiger partial charge in [0.1, 0.15) is 5.75 Å². The van der Waals surface area contributed by atoms with E-state index in [4.69, 9.17) is 10.1 Å². The summed E-state index contributed by atoms with van der Waals surface area (Å²) in [7, 11) is -3.60. The summed E-state index contributed by atoms with van der Waals surface area (Å²) in [5.74, 6) is -1.35. The van der Waals surface area contributed by atoms with E-state index >= 15 is 0 Å². The molecule has 0 spiro atoms. The molecular weight excluding hydrogens is 532 g/mol. The number of amides is 1. The molecule has 2 aromatic carbocycles. The van der Waals surface area contributed by atoms with Crippen molar-refractivity contribution in [2.24, 2.45) is 10.1 Å². The third-order valence-corrected chi connectivity index (χ3v) is 8.27. The maximum Gasteiger partial charge on any atom is 0.343 e. The summed E-state index contributed by atoms with van der Waals surface area (Å²) < 4.78 is 29.9. The molecule has 2 aliphatic rings. The number of nitrogens with one attached hydrogen (secondary N) is 1. The fourth-order valence-electron chi connectivity index (χ4n) is 2.81. The third-order valence-electron chi connectivity index (χ3n) is 4.56. The van der Waals surface area contributed by atoms with E-state index in [0.29, 0.717) is 15.6 Å². The molecule has 0 saturated carbocycles. The highest BCUT2D eigenvalue weighted by Gasteiger charge is 2.39. The second-order valence-corrected chi connectivity index (χ2v) is 11.0. The number of halogens is 1. The number of nitrogens with zero attached hydrogens (tertiary/aromatic N) is 3. The Hall–Kier alpha value is -3.09. The van der Waals surface area contributed by atoms with Crippen LogP contribution in [0.1, 0.15) is 22.8 Å². The average molecular weight is 547 g/mol. The average Bonchev–Trinajstić information content (AvgIpc) is 3.24. The van der Waals surface area contributed by atoms with Gasteiger partial charge in [-0.05, 0) is 63.6 Å². The maximum atomic E-state index is 12.5. The Balaban J connectivity index is 1.58. The normalized spacial score (nSPS) is 17.0. The number of hydrazone groups is 1. The molecule has 0 atom stereocenters.